The summed E-state index contributed by atoms with van der Waals surface area (Å²) in [6.07, 6.45) is 1.13. The number of aryl methyl sites for hydroxylation is 2. The Hall–Kier alpha value is -1.67. The van der Waals surface area contributed by atoms with E-state index in [0.29, 0.717) is 11.8 Å². The third-order valence-electron chi connectivity index (χ3n) is 4.61. The van der Waals surface area contributed by atoms with Gasteiger partial charge in [0.05, 0.1) is 0 Å². The molecule has 0 spiro atoms. The first kappa shape index (κ1) is 14.3. The standard InChI is InChI=1S/C19H22FN/c1-13-3-4-14(2)18(11-13)17-9-10-21-12-19(17)15-5-7-16(20)8-6-15/h3-8,11,17,19,21H,9-10,12H2,1-2H3. The second-order valence-corrected chi connectivity index (χ2v) is 6.12. The van der Waals surface area contributed by atoms with Gasteiger partial charge in [0.25, 0.3) is 0 Å². The predicted molar refractivity (Wildman–Crippen MR) is 85.3 cm³/mol. The number of benzene rings is 2. The van der Waals surface area contributed by atoms with E-state index in [2.05, 4.69) is 37.4 Å². The lowest BCUT2D eigenvalue weighted by atomic mass is 9.76. The highest BCUT2D eigenvalue weighted by molar-refractivity contribution is 5.37. The van der Waals surface area contributed by atoms with Crippen molar-refractivity contribution < 1.29 is 4.39 Å². The molecule has 21 heavy (non-hydrogen) atoms. The lowest BCUT2D eigenvalue weighted by molar-refractivity contribution is 0.402. The van der Waals surface area contributed by atoms with Crippen molar-refractivity contribution in [2.45, 2.75) is 32.1 Å². The van der Waals surface area contributed by atoms with Crippen LogP contribution in [0.3, 0.4) is 0 Å². The number of hydrogen-bond donors (Lipinski definition) is 1. The number of rotatable bonds is 2. The van der Waals surface area contributed by atoms with E-state index in [1.165, 1.54) is 22.3 Å². The van der Waals surface area contributed by atoms with E-state index in [4.69, 9.17) is 0 Å². The van der Waals surface area contributed by atoms with Gasteiger partial charge < -0.3 is 5.32 Å². The van der Waals surface area contributed by atoms with Crippen LogP contribution in [-0.2, 0) is 0 Å². The largest absolute Gasteiger partial charge is 0.316 e. The number of halogens is 1. The molecule has 0 saturated carbocycles. The van der Waals surface area contributed by atoms with Crippen molar-refractivity contribution in [1.82, 2.24) is 5.32 Å². The molecule has 0 amide bonds. The summed E-state index contributed by atoms with van der Waals surface area (Å²) in [5, 5.41) is 3.49. The van der Waals surface area contributed by atoms with Crippen LogP contribution < -0.4 is 5.32 Å². The van der Waals surface area contributed by atoms with E-state index in [1.807, 2.05) is 12.1 Å². The van der Waals surface area contributed by atoms with Gasteiger partial charge in [0.1, 0.15) is 5.82 Å². The molecule has 2 aromatic rings. The molecule has 1 heterocycles. The third-order valence-corrected chi connectivity index (χ3v) is 4.61. The van der Waals surface area contributed by atoms with Gasteiger partial charge in [0.15, 0.2) is 0 Å². The smallest absolute Gasteiger partial charge is 0.123 e. The summed E-state index contributed by atoms with van der Waals surface area (Å²) >= 11 is 0. The van der Waals surface area contributed by atoms with Crippen molar-refractivity contribution >= 4 is 0 Å². The molecule has 1 aliphatic rings. The molecule has 2 heteroatoms. The molecular formula is C19H22FN. The monoisotopic (exact) mass is 283 g/mol. The molecule has 0 bridgehead atoms. The van der Waals surface area contributed by atoms with Crippen LogP contribution in [0.2, 0.25) is 0 Å². The molecule has 1 nitrogen and oxygen atoms in total. The predicted octanol–water partition coefficient (Wildman–Crippen LogP) is 4.30. The molecule has 0 aromatic heterocycles. The van der Waals surface area contributed by atoms with E-state index in [9.17, 15) is 4.39 Å². The summed E-state index contributed by atoms with van der Waals surface area (Å²) in [4.78, 5) is 0. The third kappa shape index (κ3) is 3.01. The van der Waals surface area contributed by atoms with Gasteiger partial charge in [-0.3, -0.25) is 0 Å². The molecule has 1 aliphatic heterocycles. The van der Waals surface area contributed by atoms with Gasteiger partial charge >= 0.3 is 0 Å². The van der Waals surface area contributed by atoms with E-state index in [1.54, 1.807) is 12.1 Å². The number of piperidine rings is 1. The second-order valence-electron chi connectivity index (χ2n) is 6.12. The Morgan fingerprint density at radius 3 is 2.52 bits per heavy atom. The van der Waals surface area contributed by atoms with Crippen LogP contribution in [0, 0.1) is 19.7 Å². The van der Waals surface area contributed by atoms with Gasteiger partial charge in [-0.2, -0.15) is 0 Å². The molecule has 110 valence electrons. The Morgan fingerprint density at radius 1 is 1.00 bits per heavy atom. The van der Waals surface area contributed by atoms with Crippen molar-refractivity contribution in [3.05, 3.63) is 70.5 Å². The van der Waals surface area contributed by atoms with Crippen molar-refractivity contribution in [2.75, 3.05) is 13.1 Å². The van der Waals surface area contributed by atoms with E-state index < -0.39 is 0 Å². The fraction of sp³-hybridized carbons (Fsp3) is 0.368. The highest BCUT2D eigenvalue weighted by atomic mass is 19.1. The summed E-state index contributed by atoms with van der Waals surface area (Å²) in [6.45, 7) is 6.36. The topological polar surface area (TPSA) is 12.0 Å². The maximum Gasteiger partial charge on any atom is 0.123 e. The highest BCUT2D eigenvalue weighted by Gasteiger charge is 2.28. The molecule has 1 N–H and O–H groups in total. The number of hydrogen-bond acceptors (Lipinski definition) is 1. The van der Waals surface area contributed by atoms with Gasteiger partial charge in [-0.1, -0.05) is 35.9 Å². The first-order chi connectivity index (χ1) is 10.1. The quantitative estimate of drug-likeness (QED) is 0.866. The van der Waals surface area contributed by atoms with E-state index in [0.717, 1.165) is 19.5 Å². The SMILES string of the molecule is Cc1ccc(C)c(C2CCNCC2c2ccc(F)cc2)c1. The first-order valence-corrected chi connectivity index (χ1v) is 7.68. The number of nitrogens with one attached hydrogen (secondary N) is 1. The zero-order chi connectivity index (χ0) is 14.8. The van der Waals surface area contributed by atoms with Gasteiger partial charge in [-0.25, -0.2) is 4.39 Å². The van der Waals surface area contributed by atoms with Crippen molar-refractivity contribution in [1.29, 1.82) is 0 Å². The molecule has 0 radical (unpaired) electrons. The molecule has 2 aromatic carbocycles. The summed E-state index contributed by atoms with van der Waals surface area (Å²) in [7, 11) is 0. The van der Waals surface area contributed by atoms with E-state index in [-0.39, 0.29) is 5.82 Å². The molecule has 1 saturated heterocycles. The first-order valence-electron chi connectivity index (χ1n) is 7.68. The Labute approximate surface area is 126 Å². The Bertz CT molecular complexity index is 618. The van der Waals surface area contributed by atoms with Gasteiger partial charge in [0.2, 0.25) is 0 Å². The van der Waals surface area contributed by atoms with Gasteiger partial charge in [-0.15, -0.1) is 0 Å². The second kappa shape index (κ2) is 5.98. The molecule has 2 unspecified atom stereocenters. The summed E-state index contributed by atoms with van der Waals surface area (Å²) in [5.41, 5.74) is 5.35. The fourth-order valence-electron chi connectivity index (χ4n) is 3.45. The van der Waals surface area contributed by atoms with Crippen LogP contribution >= 0.6 is 0 Å². The highest BCUT2D eigenvalue weighted by Crippen LogP contribution is 2.38. The van der Waals surface area contributed by atoms with Crippen LogP contribution in [0.25, 0.3) is 0 Å². The maximum absolute atomic E-state index is 13.2. The van der Waals surface area contributed by atoms with Crippen LogP contribution in [0.15, 0.2) is 42.5 Å². The molecule has 2 atom stereocenters. The van der Waals surface area contributed by atoms with Crippen molar-refractivity contribution in [2.24, 2.45) is 0 Å². The normalized spacial score (nSPS) is 22.2. The van der Waals surface area contributed by atoms with Crippen molar-refractivity contribution in [3.8, 4) is 0 Å². The van der Waals surface area contributed by atoms with Gasteiger partial charge in [-0.05, 0) is 61.6 Å². The van der Waals surface area contributed by atoms with Crippen LogP contribution in [0.4, 0.5) is 4.39 Å². The van der Waals surface area contributed by atoms with Gasteiger partial charge in [0, 0.05) is 12.5 Å². The zero-order valence-electron chi connectivity index (χ0n) is 12.7. The minimum absolute atomic E-state index is 0.161. The summed E-state index contributed by atoms with van der Waals surface area (Å²) < 4.78 is 13.2. The maximum atomic E-state index is 13.2. The average Bonchev–Trinajstić information content (AvgIpc) is 2.51. The van der Waals surface area contributed by atoms with Crippen molar-refractivity contribution in [3.63, 3.8) is 0 Å². The lowest BCUT2D eigenvalue weighted by Gasteiger charge is -2.34. The Kier molecular flexibility index (Phi) is 4.07. The summed E-state index contributed by atoms with van der Waals surface area (Å²) in [6, 6.07) is 13.7. The fourth-order valence-corrected chi connectivity index (χ4v) is 3.45. The van der Waals surface area contributed by atoms with Crippen LogP contribution in [0.5, 0.6) is 0 Å². The summed E-state index contributed by atoms with van der Waals surface area (Å²) in [5.74, 6) is 0.766. The lowest BCUT2D eigenvalue weighted by Crippen LogP contribution is -2.34. The Morgan fingerprint density at radius 2 is 1.76 bits per heavy atom. The van der Waals surface area contributed by atoms with Crippen LogP contribution in [0.1, 0.15) is 40.5 Å². The zero-order valence-corrected chi connectivity index (χ0v) is 12.7. The van der Waals surface area contributed by atoms with Crippen LogP contribution in [-0.4, -0.2) is 13.1 Å². The Balaban J connectivity index is 1.98. The molecule has 0 aliphatic carbocycles. The molecular weight excluding hydrogens is 261 g/mol. The van der Waals surface area contributed by atoms with E-state index >= 15 is 0 Å². The minimum atomic E-state index is -0.161. The molecule has 3 rings (SSSR count). The average molecular weight is 283 g/mol. The molecule has 1 fully saturated rings. The minimum Gasteiger partial charge on any atom is -0.316 e.